The third kappa shape index (κ3) is 1.43. The molecule has 0 saturated heterocycles. The first-order valence-corrected chi connectivity index (χ1v) is 4.14. The van der Waals surface area contributed by atoms with Crippen molar-refractivity contribution in [2.45, 2.75) is 13.8 Å². The minimum absolute atomic E-state index is 0.0208. The van der Waals surface area contributed by atoms with E-state index in [4.69, 9.17) is 22.9 Å². The lowest BCUT2D eigenvalue weighted by Crippen LogP contribution is -2.12. The van der Waals surface area contributed by atoms with Crippen molar-refractivity contribution in [3.8, 4) is 0 Å². The van der Waals surface area contributed by atoms with E-state index >= 15 is 0 Å². The Morgan fingerprint density at radius 2 is 1.60 bits per heavy atom. The molecule has 0 atom stereocenters. The van der Waals surface area contributed by atoms with Crippen molar-refractivity contribution in [1.29, 1.82) is 0 Å². The molecule has 0 amide bonds. The summed E-state index contributed by atoms with van der Waals surface area (Å²) < 4.78 is 0. The van der Waals surface area contributed by atoms with Crippen molar-refractivity contribution in [1.82, 2.24) is 0 Å². The van der Waals surface area contributed by atoms with Gasteiger partial charge in [-0.15, -0.1) is 12.0 Å². The molecule has 0 aromatic carbocycles. The van der Waals surface area contributed by atoms with Crippen molar-refractivity contribution in [3.63, 3.8) is 0 Å². The van der Waals surface area contributed by atoms with Gasteiger partial charge in [0.25, 0.3) is 12.3 Å². The maximum atomic E-state index is 5.94. The van der Waals surface area contributed by atoms with Gasteiger partial charge in [0.15, 0.2) is 0 Å². The van der Waals surface area contributed by atoms with E-state index in [0.717, 1.165) is 5.37 Å². The second-order valence-electron chi connectivity index (χ2n) is 2.64. The van der Waals surface area contributed by atoms with Gasteiger partial charge in [0.05, 0.1) is 0 Å². The van der Waals surface area contributed by atoms with E-state index in [1.54, 1.807) is 0 Å². The van der Waals surface area contributed by atoms with E-state index in [2.05, 4.69) is 0 Å². The fourth-order valence-corrected chi connectivity index (χ4v) is 2.05. The molecule has 10 heavy (non-hydrogen) atoms. The highest BCUT2D eigenvalue weighted by molar-refractivity contribution is 7.31. The van der Waals surface area contributed by atoms with Gasteiger partial charge in [0.2, 0.25) is 0 Å². The number of halogens is 2. The zero-order valence-corrected chi connectivity index (χ0v) is 7.58. The van der Waals surface area contributed by atoms with Crippen LogP contribution >= 0.6 is 22.9 Å². The first kappa shape index (κ1) is 8.29. The molecule has 1 aliphatic heterocycles. The summed E-state index contributed by atoms with van der Waals surface area (Å²) in [5.74, 6) is 3.86. The summed E-state index contributed by atoms with van der Waals surface area (Å²) >= 11 is 11.9. The van der Waals surface area contributed by atoms with E-state index in [-0.39, 0.29) is 12.3 Å². The molecule has 0 aromatic heterocycles. The molecule has 1 heterocycles. The molecule has 0 bridgehead atoms. The number of hydrogen-bond donors (Lipinski definition) is 0. The first-order valence-electron chi connectivity index (χ1n) is 3.26. The standard InChI is InChI=1S/C6H8B2Cl2/c1-5(2)6-7(9)3-4-8(6)10/h3-4H,1-2H3. The van der Waals surface area contributed by atoms with Gasteiger partial charge in [-0.1, -0.05) is 10.9 Å². The minimum atomic E-state index is 0.0208. The molecule has 0 unspecified atom stereocenters. The van der Waals surface area contributed by atoms with Gasteiger partial charge in [-0.3, -0.25) is 0 Å². The smallest absolute Gasteiger partial charge is 0.184 e. The Bertz CT molecular complexity index is 180. The topological polar surface area (TPSA) is 0 Å². The second-order valence-corrected chi connectivity index (χ2v) is 3.58. The summed E-state index contributed by atoms with van der Waals surface area (Å²) in [5.41, 5.74) is 1.23. The van der Waals surface area contributed by atoms with Gasteiger partial charge >= 0.3 is 0 Å². The van der Waals surface area contributed by atoms with Crippen molar-refractivity contribution in [2.75, 3.05) is 0 Å². The Morgan fingerprint density at radius 3 is 1.80 bits per heavy atom. The summed E-state index contributed by atoms with van der Waals surface area (Å²) in [6.45, 7) is 4.07. The van der Waals surface area contributed by atoms with Gasteiger partial charge in [-0.05, 0) is 13.8 Å². The molecule has 0 fully saturated rings. The molecule has 0 radical (unpaired) electrons. The molecular formula is C6H8B2Cl2. The third-order valence-corrected chi connectivity index (χ3v) is 2.38. The average Bonchev–Trinajstić information content (AvgIpc) is 2.11. The second kappa shape index (κ2) is 3.06. The highest BCUT2D eigenvalue weighted by atomic mass is 35.5. The van der Waals surface area contributed by atoms with E-state index in [1.165, 1.54) is 5.57 Å². The molecular weight excluding hydrogens is 165 g/mol. The molecule has 0 N–H and O–H groups in total. The Hall–Kier alpha value is 0.190. The maximum absolute atomic E-state index is 5.94. The van der Waals surface area contributed by atoms with E-state index in [0.29, 0.717) is 0 Å². The number of hydrogen-bond acceptors (Lipinski definition) is 0. The van der Waals surface area contributed by atoms with E-state index in [1.807, 2.05) is 25.8 Å². The summed E-state index contributed by atoms with van der Waals surface area (Å²) in [4.78, 5) is 0. The molecule has 52 valence electrons. The Kier molecular flexibility index (Phi) is 2.54. The lowest BCUT2D eigenvalue weighted by molar-refractivity contribution is 1.40. The van der Waals surface area contributed by atoms with Crippen LogP contribution in [0.4, 0.5) is 0 Å². The minimum Gasteiger partial charge on any atom is -0.184 e. The molecule has 1 rings (SSSR count). The predicted molar refractivity (Wildman–Crippen MR) is 50.7 cm³/mol. The largest absolute Gasteiger partial charge is 0.295 e. The highest BCUT2D eigenvalue weighted by Gasteiger charge is 2.28. The fourth-order valence-electron chi connectivity index (χ4n) is 1.11. The van der Waals surface area contributed by atoms with E-state index in [9.17, 15) is 0 Å². The Balaban J connectivity index is 2.90. The Labute approximate surface area is 72.3 Å². The fraction of sp³-hybridized carbons (Fsp3) is 0.333. The van der Waals surface area contributed by atoms with Gasteiger partial charge in [0.1, 0.15) is 0 Å². The van der Waals surface area contributed by atoms with Crippen molar-refractivity contribution < 1.29 is 0 Å². The monoisotopic (exact) mass is 172 g/mol. The lowest BCUT2D eigenvalue weighted by Gasteiger charge is -2.04. The van der Waals surface area contributed by atoms with Crippen LogP contribution < -0.4 is 0 Å². The van der Waals surface area contributed by atoms with Crippen LogP contribution in [-0.4, -0.2) is 12.3 Å². The molecule has 4 heteroatoms. The molecule has 1 aliphatic rings. The van der Waals surface area contributed by atoms with Crippen molar-refractivity contribution in [3.05, 3.63) is 22.9 Å². The molecule has 0 aliphatic carbocycles. The molecule has 0 nitrogen and oxygen atoms in total. The van der Waals surface area contributed by atoms with Crippen LogP contribution in [0.2, 0.25) is 0 Å². The van der Waals surface area contributed by atoms with Crippen LogP contribution in [0.15, 0.2) is 22.9 Å². The van der Waals surface area contributed by atoms with Crippen LogP contribution in [0.3, 0.4) is 0 Å². The van der Waals surface area contributed by atoms with Crippen molar-refractivity contribution in [2.24, 2.45) is 0 Å². The average molecular weight is 173 g/mol. The van der Waals surface area contributed by atoms with Gasteiger partial charge in [-0.2, -0.15) is 22.9 Å². The van der Waals surface area contributed by atoms with Crippen molar-refractivity contribution >= 4 is 35.2 Å². The summed E-state index contributed by atoms with van der Waals surface area (Å²) in [6.07, 6.45) is 0.0417. The van der Waals surface area contributed by atoms with Crippen LogP contribution in [-0.2, 0) is 0 Å². The quantitative estimate of drug-likeness (QED) is 0.493. The number of rotatable bonds is 0. The first-order chi connectivity index (χ1) is 4.63. The zero-order valence-electron chi connectivity index (χ0n) is 6.07. The van der Waals surface area contributed by atoms with Crippen LogP contribution in [0, 0.1) is 0 Å². The number of allylic oxidation sites excluding steroid dienone is 1. The highest BCUT2D eigenvalue weighted by Crippen LogP contribution is 2.24. The molecule has 0 saturated carbocycles. The van der Waals surface area contributed by atoms with E-state index < -0.39 is 0 Å². The lowest BCUT2D eigenvalue weighted by atomic mass is 9.54. The van der Waals surface area contributed by atoms with Crippen LogP contribution in [0.1, 0.15) is 13.8 Å². The predicted octanol–water partition coefficient (Wildman–Crippen LogP) is 2.51. The summed E-state index contributed by atoms with van der Waals surface area (Å²) in [6, 6.07) is 0. The zero-order chi connectivity index (χ0) is 7.72. The summed E-state index contributed by atoms with van der Waals surface area (Å²) in [7, 11) is 0. The van der Waals surface area contributed by atoms with Crippen LogP contribution in [0.5, 0.6) is 0 Å². The van der Waals surface area contributed by atoms with Gasteiger partial charge in [-0.25, -0.2) is 0 Å². The normalized spacial score (nSPS) is 17.0. The molecule has 0 spiro atoms. The van der Waals surface area contributed by atoms with Gasteiger partial charge in [0, 0.05) is 0 Å². The Morgan fingerprint density at radius 1 is 1.20 bits per heavy atom. The van der Waals surface area contributed by atoms with Gasteiger partial charge < -0.3 is 0 Å². The SMILES string of the molecule is CC(C)=C1B(Cl)C=CB1Cl. The molecule has 0 aromatic rings. The third-order valence-electron chi connectivity index (χ3n) is 1.62. The summed E-state index contributed by atoms with van der Waals surface area (Å²) in [5, 5.41) is 1.14. The van der Waals surface area contributed by atoms with Crippen LogP contribution in [0.25, 0.3) is 0 Å². The maximum Gasteiger partial charge on any atom is 0.295 e.